The average molecular weight is 440 g/mol. The van der Waals surface area contributed by atoms with Crippen LogP contribution in [0.1, 0.15) is 34.3 Å². The fraction of sp³-hybridized carbons (Fsp3) is 0.214. The Morgan fingerprint density at radius 1 is 0.970 bits per heavy atom. The number of fused-ring (bicyclic) bond motifs is 1. The van der Waals surface area contributed by atoms with Crippen LogP contribution in [0.15, 0.2) is 72.9 Å². The second kappa shape index (κ2) is 9.12. The Hall–Kier alpha value is -3.57. The molecule has 1 fully saturated rings. The van der Waals surface area contributed by atoms with E-state index in [1.807, 2.05) is 31.3 Å². The zero-order chi connectivity index (χ0) is 22.8. The lowest BCUT2D eigenvalue weighted by atomic mass is 10.0. The van der Waals surface area contributed by atoms with Gasteiger partial charge in [-0.3, -0.25) is 14.7 Å². The molecule has 33 heavy (non-hydrogen) atoms. The van der Waals surface area contributed by atoms with Gasteiger partial charge in [-0.15, -0.1) is 0 Å². The van der Waals surface area contributed by atoms with E-state index in [0.29, 0.717) is 11.1 Å². The monoisotopic (exact) mass is 439 g/mol. The lowest BCUT2D eigenvalue weighted by Gasteiger charge is -2.15. The number of rotatable bonds is 5. The molecule has 1 amide bonds. The molecular formula is C28H26FN3O. The summed E-state index contributed by atoms with van der Waals surface area (Å²) in [4.78, 5) is 19.6. The number of aryl methyl sites for hydroxylation is 1. The number of nitrogens with one attached hydrogen (secondary N) is 1. The van der Waals surface area contributed by atoms with Gasteiger partial charge in [-0.05, 0) is 79.9 Å². The van der Waals surface area contributed by atoms with Gasteiger partial charge in [0.05, 0.1) is 11.2 Å². The third-order valence-electron chi connectivity index (χ3n) is 6.21. The highest BCUT2D eigenvalue weighted by atomic mass is 19.1. The van der Waals surface area contributed by atoms with E-state index in [0.717, 1.165) is 41.7 Å². The molecule has 3 aromatic carbocycles. The van der Waals surface area contributed by atoms with Crippen LogP contribution in [0.3, 0.4) is 0 Å². The van der Waals surface area contributed by atoms with Crippen molar-refractivity contribution in [2.24, 2.45) is 0 Å². The maximum absolute atomic E-state index is 14.8. The largest absolute Gasteiger partial charge is 0.319 e. The van der Waals surface area contributed by atoms with Gasteiger partial charge in [0.15, 0.2) is 0 Å². The second-order valence-electron chi connectivity index (χ2n) is 8.75. The van der Waals surface area contributed by atoms with Crippen LogP contribution in [0.25, 0.3) is 22.0 Å². The first-order valence-electron chi connectivity index (χ1n) is 11.3. The number of hydrogen-bond donors (Lipinski definition) is 1. The molecule has 0 unspecified atom stereocenters. The van der Waals surface area contributed by atoms with E-state index >= 15 is 0 Å². The highest BCUT2D eigenvalue weighted by Gasteiger charge is 2.14. The van der Waals surface area contributed by atoms with E-state index in [4.69, 9.17) is 0 Å². The maximum atomic E-state index is 14.8. The molecule has 166 valence electrons. The number of anilines is 1. The quantitative estimate of drug-likeness (QED) is 0.403. The number of hydrogen-bond acceptors (Lipinski definition) is 3. The van der Waals surface area contributed by atoms with Gasteiger partial charge in [0.25, 0.3) is 5.91 Å². The molecule has 0 bridgehead atoms. The number of halogens is 1. The number of benzene rings is 3. The third kappa shape index (κ3) is 4.78. The van der Waals surface area contributed by atoms with Gasteiger partial charge in [-0.1, -0.05) is 42.0 Å². The zero-order valence-electron chi connectivity index (χ0n) is 18.6. The van der Waals surface area contributed by atoms with Crippen LogP contribution in [-0.2, 0) is 6.54 Å². The van der Waals surface area contributed by atoms with Gasteiger partial charge in [-0.25, -0.2) is 4.39 Å². The summed E-state index contributed by atoms with van der Waals surface area (Å²) in [6.07, 6.45) is 4.30. The van der Waals surface area contributed by atoms with Crippen LogP contribution in [-0.4, -0.2) is 28.9 Å². The van der Waals surface area contributed by atoms with Gasteiger partial charge in [0.2, 0.25) is 0 Å². The summed E-state index contributed by atoms with van der Waals surface area (Å²) in [7, 11) is 0. The van der Waals surface area contributed by atoms with Crippen molar-refractivity contribution >= 4 is 22.5 Å². The molecule has 5 rings (SSSR count). The van der Waals surface area contributed by atoms with E-state index in [2.05, 4.69) is 39.5 Å². The normalized spacial score (nSPS) is 14.0. The molecule has 1 aromatic heterocycles. The number of pyridine rings is 1. The van der Waals surface area contributed by atoms with Crippen LogP contribution in [0.4, 0.5) is 10.1 Å². The predicted octanol–water partition coefficient (Wildman–Crippen LogP) is 6.20. The Balaban J connectivity index is 1.32. The number of carbonyl (C=O) groups excluding carboxylic acids is 1. The minimum absolute atomic E-state index is 0.134. The summed E-state index contributed by atoms with van der Waals surface area (Å²) >= 11 is 0. The molecule has 0 aliphatic carbocycles. The molecule has 2 heterocycles. The van der Waals surface area contributed by atoms with Crippen molar-refractivity contribution in [3.8, 4) is 11.1 Å². The summed E-state index contributed by atoms with van der Waals surface area (Å²) in [5, 5.41) is 3.44. The van der Waals surface area contributed by atoms with Gasteiger partial charge in [0.1, 0.15) is 5.82 Å². The van der Waals surface area contributed by atoms with E-state index in [-0.39, 0.29) is 11.6 Å². The minimum atomic E-state index is -0.466. The van der Waals surface area contributed by atoms with Gasteiger partial charge < -0.3 is 5.32 Å². The molecule has 1 aliphatic heterocycles. The number of likely N-dealkylation sites (tertiary alicyclic amines) is 1. The van der Waals surface area contributed by atoms with Crippen molar-refractivity contribution in [1.29, 1.82) is 0 Å². The third-order valence-corrected chi connectivity index (χ3v) is 6.21. The molecule has 4 nitrogen and oxygen atoms in total. The van der Waals surface area contributed by atoms with Crippen molar-refractivity contribution in [2.75, 3.05) is 18.4 Å². The fourth-order valence-corrected chi connectivity index (χ4v) is 4.33. The zero-order valence-corrected chi connectivity index (χ0v) is 18.6. The standard InChI is InChI=1S/C28H26FN3O/c1-19-4-6-21(7-5-19)22-8-10-23(11-9-22)28(33)31-27-16-26-24(15-25(27)29)14-20(17-30-26)18-32-12-2-3-13-32/h4-11,14-17H,2-3,12-13,18H2,1H3,(H,31,33). The van der Waals surface area contributed by atoms with Gasteiger partial charge in [0, 0.05) is 23.7 Å². The topological polar surface area (TPSA) is 45.2 Å². The summed E-state index contributed by atoms with van der Waals surface area (Å²) < 4.78 is 14.8. The van der Waals surface area contributed by atoms with Crippen molar-refractivity contribution in [1.82, 2.24) is 9.88 Å². The second-order valence-corrected chi connectivity index (χ2v) is 8.75. The highest BCUT2D eigenvalue weighted by molar-refractivity contribution is 6.05. The number of nitrogens with zero attached hydrogens (tertiary/aromatic N) is 2. The van der Waals surface area contributed by atoms with Crippen molar-refractivity contribution < 1.29 is 9.18 Å². The lowest BCUT2D eigenvalue weighted by molar-refractivity contribution is 0.102. The molecular weight excluding hydrogens is 413 g/mol. The smallest absolute Gasteiger partial charge is 0.255 e. The summed E-state index contributed by atoms with van der Waals surface area (Å²) in [6, 6.07) is 20.6. The van der Waals surface area contributed by atoms with Gasteiger partial charge in [-0.2, -0.15) is 0 Å². The molecule has 0 atom stereocenters. The molecule has 1 N–H and O–H groups in total. The molecule has 0 radical (unpaired) electrons. The molecule has 4 aromatic rings. The maximum Gasteiger partial charge on any atom is 0.255 e. The number of aromatic nitrogens is 1. The van der Waals surface area contributed by atoms with Crippen LogP contribution >= 0.6 is 0 Å². The first-order valence-corrected chi connectivity index (χ1v) is 11.3. The van der Waals surface area contributed by atoms with Crippen molar-refractivity contribution in [2.45, 2.75) is 26.3 Å². The molecule has 0 saturated carbocycles. The molecule has 1 aliphatic rings. The van der Waals surface area contributed by atoms with Crippen molar-refractivity contribution in [3.05, 3.63) is 95.4 Å². The van der Waals surface area contributed by atoms with E-state index < -0.39 is 5.82 Å². The SMILES string of the molecule is Cc1ccc(-c2ccc(C(=O)Nc3cc4ncc(CN5CCCC5)cc4cc3F)cc2)cc1. The van der Waals surface area contributed by atoms with Crippen LogP contribution < -0.4 is 5.32 Å². The van der Waals surface area contributed by atoms with Crippen molar-refractivity contribution in [3.63, 3.8) is 0 Å². The van der Waals surface area contributed by atoms with Gasteiger partial charge >= 0.3 is 0 Å². The first-order chi connectivity index (χ1) is 16.0. The van der Waals surface area contributed by atoms with E-state index in [1.165, 1.54) is 24.5 Å². The minimum Gasteiger partial charge on any atom is -0.319 e. The van der Waals surface area contributed by atoms with Crippen LogP contribution in [0.2, 0.25) is 0 Å². The van der Waals surface area contributed by atoms with Crippen LogP contribution in [0, 0.1) is 12.7 Å². The van der Waals surface area contributed by atoms with E-state index in [9.17, 15) is 9.18 Å². The summed E-state index contributed by atoms with van der Waals surface area (Å²) in [5.41, 5.74) is 5.65. The van der Waals surface area contributed by atoms with E-state index in [1.54, 1.807) is 18.2 Å². The Kier molecular flexibility index (Phi) is 5.88. The Morgan fingerprint density at radius 2 is 1.64 bits per heavy atom. The Bertz CT molecular complexity index is 1290. The first kappa shape index (κ1) is 21.3. The Morgan fingerprint density at radius 3 is 2.33 bits per heavy atom. The highest BCUT2D eigenvalue weighted by Crippen LogP contribution is 2.25. The molecule has 1 saturated heterocycles. The number of carbonyl (C=O) groups is 1. The van der Waals surface area contributed by atoms with Crippen LogP contribution in [0.5, 0.6) is 0 Å². The molecule has 5 heteroatoms. The average Bonchev–Trinajstić information content (AvgIpc) is 3.33. The Labute approximate surface area is 193 Å². The molecule has 0 spiro atoms. The summed E-state index contributed by atoms with van der Waals surface area (Å²) in [5.74, 6) is -0.818. The summed E-state index contributed by atoms with van der Waals surface area (Å²) in [6.45, 7) is 5.08. The predicted molar refractivity (Wildman–Crippen MR) is 131 cm³/mol. The number of amides is 1. The lowest BCUT2D eigenvalue weighted by Crippen LogP contribution is -2.18. The fourth-order valence-electron chi connectivity index (χ4n) is 4.33.